The molecule has 2 N–H and O–H groups in total. The lowest BCUT2D eigenvalue weighted by Crippen LogP contribution is -2.37. The molecule has 1 aromatic carbocycles. The van der Waals surface area contributed by atoms with Crippen molar-refractivity contribution in [3.8, 4) is 11.5 Å². The highest BCUT2D eigenvalue weighted by molar-refractivity contribution is 5.93. The summed E-state index contributed by atoms with van der Waals surface area (Å²) in [6.45, 7) is 2.90. The molecular formula is C14H19ClN2O3. The number of carbonyl (C=O) groups excluding carboxylic acids is 1. The van der Waals surface area contributed by atoms with Crippen molar-refractivity contribution in [2.24, 2.45) is 5.92 Å². The third-order valence-corrected chi connectivity index (χ3v) is 3.48. The molecule has 2 aliphatic rings. The number of rotatable bonds is 2. The summed E-state index contributed by atoms with van der Waals surface area (Å²) in [5, 5.41) is 6.19. The number of benzene rings is 1. The van der Waals surface area contributed by atoms with Gasteiger partial charge < -0.3 is 20.1 Å². The summed E-state index contributed by atoms with van der Waals surface area (Å²) in [5.74, 6) is 1.57. The zero-order valence-electron chi connectivity index (χ0n) is 11.2. The molecule has 0 aromatic heterocycles. The number of carbonyl (C=O) groups is 1. The molecule has 1 aromatic rings. The number of hydrogen-bond acceptors (Lipinski definition) is 4. The lowest BCUT2D eigenvalue weighted by molar-refractivity contribution is -0.120. The van der Waals surface area contributed by atoms with E-state index < -0.39 is 0 Å². The summed E-state index contributed by atoms with van der Waals surface area (Å²) in [6, 6.07) is 5.51. The van der Waals surface area contributed by atoms with Gasteiger partial charge in [-0.25, -0.2) is 0 Å². The van der Waals surface area contributed by atoms with E-state index in [2.05, 4.69) is 10.6 Å². The van der Waals surface area contributed by atoms with E-state index in [1.54, 1.807) is 0 Å². The minimum Gasteiger partial charge on any atom is -0.486 e. The molecule has 2 heterocycles. The third-order valence-electron chi connectivity index (χ3n) is 3.48. The second kappa shape index (κ2) is 6.81. The monoisotopic (exact) mass is 298 g/mol. The Labute approximate surface area is 124 Å². The van der Waals surface area contributed by atoms with Crippen molar-refractivity contribution in [1.82, 2.24) is 5.32 Å². The van der Waals surface area contributed by atoms with Crippen molar-refractivity contribution in [3.63, 3.8) is 0 Å². The average molecular weight is 299 g/mol. The first kappa shape index (κ1) is 14.9. The van der Waals surface area contributed by atoms with Gasteiger partial charge in [0.05, 0.1) is 5.92 Å². The zero-order valence-corrected chi connectivity index (χ0v) is 12.0. The fraction of sp³-hybridized carbons (Fsp3) is 0.500. The van der Waals surface area contributed by atoms with E-state index in [1.807, 2.05) is 18.2 Å². The molecule has 6 heteroatoms. The van der Waals surface area contributed by atoms with E-state index in [1.165, 1.54) is 0 Å². The maximum absolute atomic E-state index is 12.1. The Morgan fingerprint density at radius 3 is 2.80 bits per heavy atom. The number of halogens is 1. The predicted molar refractivity (Wildman–Crippen MR) is 78.9 cm³/mol. The van der Waals surface area contributed by atoms with Crippen molar-refractivity contribution in [2.75, 3.05) is 31.6 Å². The molecule has 110 valence electrons. The lowest BCUT2D eigenvalue weighted by atomic mass is 9.99. The van der Waals surface area contributed by atoms with Crippen LogP contribution in [-0.4, -0.2) is 32.2 Å². The summed E-state index contributed by atoms with van der Waals surface area (Å²) in [7, 11) is 0. The largest absolute Gasteiger partial charge is 0.486 e. The molecule has 1 saturated heterocycles. The molecule has 0 spiro atoms. The summed E-state index contributed by atoms with van der Waals surface area (Å²) in [4.78, 5) is 12.1. The Kier molecular flexibility index (Phi) is 5.09. The van der Waals surface area contributed by atoms with Gasteiger partial charge >= 0.3 is 0 Å². The van der Waals surface area contributed by atoms with Crippen LogP contribution in [-0.2, 0) is 4.79 Å². The Hall–Kier alpha value is -1.46. The van der Waals surface area contributed by atoms with E-state index in [4.69, 9.17) is 9.47 Å². The Morgan fingerprint density at radius 1 is 1.25 bits per heavy atom. The van der Waals surface area contributed by atoms with Crippen LogP contribution in [0.25, 0.3) is 0 Å². The molecule has 5 nitrogen and oxygen atoms in total. The summed E-state index contributed by atoms with van der Waals surface area (Å²) >= 11 is 0. The standard InChI is InChI=1S/C14H18N2O3.ClH/c17-14(10-2-1-5-15-9-10)16-11-3-4-12-13(8-11)19-7-6-18-12;/h3-4,8,10,15H,1-2,5-7,9H2,(H,16,17);1H. The van der Waals surface area contributed by atoms with Crippen LogP contribution in [0.5, 0.6) is 11.5 Å². The first-order valence-electron chi connectivity index (χ1n) is 6.74. The van der Waals surface area contributed by atoms with Crippen molar-refractivity contribution in [1.29, 1.82) is 0 Å². The van der Waals surface area contributed by atoms with Crippen LogP contribution in [0.2, 0.25) is 0 Å². The highest BCUT2D eigenvalue weighted by atomic mass is 35.5. The van der Waals surface area contributed by atoms with Crippen molar-refractivity contribution in [3.05, 3.63) is 18.2 Å². The van der Waals surface area contributed by atoms with Gasteiger partial charge in [-0.15, -0.1) is 12.4 Å². The van der Waals surface area contributed by atoms with Crippen LogP contribution < -0.4 is 20.1 Å². The number of piperidine rings is 1. The molecule has 3 rings (SSSR count). The van der Waals surface area contributed by atoms with Crippen LogP contribution in [0.4, 0.5) is 5.69 Å². The first-order valence-corrected chi connectivity index (χ1v) is 6.74. The van der Waals surface area contributed by atoms with Crippen LogP contribution in [0.3, 0.4) is 0 Å². The quantitative estimate of drug-likeness (QED) is 0.874. The van der Waals surface area contributed by atoms with E-state index in [0.717, 1.165) is 37.4 Å². The van der Waals surface area contributed by atoms with E-state index in [9.17, 15) is 4.79 Å². The summed E-state index contributed by atoms with van der Waals surface area (Å²) < 4.78 is 11.0. The molecule has 0 radical (unpaired) electrons. The van der Waals surface area contributed by atoms with E-state index >= 15 is 0 Å². The van der Waals surface area contributed by atoms with Gasteiger partial charge in [0, 0.05) is 18.3 Å². The lowest BCUT2D eigenvalue weighted by Gasteiger charge is -2.23. The summed E-state index contributed by atoms with van der Waals surface area (Å²) in [6.07, 6.45) is 2.00. The Morgan fingerprint density at radius 2 is 2.05 bits per heavy atom. The summed E-state index contributed by atoms with van der Waals surface area (Å²) in [5.41, 5.74) is 0.764. The fourth-order valence-electron chi connectivity index (χ4n) is 2.44. The smallest absolute Gasteiger partial charge is 0.228 e. The highest BCUT2D eigenvalue weighted by Crippen LogP contribution is 2.32. The predicted octanol–water partition coefficient (Wildman–Crippen LogP) is 1.82. The second-order valence-corrected chi connectivity index (χ2v) is 4.89. The molecule has 1 unspecified atom stereocenters. The number of anilines is 1. The van der Waals surface area contributed by atoms with Gasteiger partial charge in [-0.3, -0.25) is 4.79 Å². The maximum Gasteiger partial charge on any atom is 0.228 e. The Bertz CT molecular complexity index is 475. The van der Waals surface area contributed by atoms with Gasteiger partial charge in [-0.2, -0.15) is 0 Å². The van der Waals surface area contributed by atoms with E-state index in [-0.39, 0.29) is 24.2 Å². The molecule has 0 bridgehead atoms. The number of fused-ring (bicyclic) bond motifs is 1. The van der Waals surface area contributed by atoms with Gasteiger partial charge in [-0.05, 0) is 31.5 Å². The van der Waals surface area contributed by atoms with Crippen molar-refractivity contribution >= 4 is 24.0 Å². The molecule has 1 fully saturated rings. The topological polar surface area (TPSA) is 59.6 Å². The molecule has 0 aliphatic carbocycles. The van der Waals surface area contributed by atoms with Crippen molar-refractivity contribution < 1.29 is 14.3 Å². The van der Waals surface area contributed by atoms with Crippen molar-refractivity contribution in [2.45, 2.75) is 12.8 Å². The fourth-order valence-corrected chi connectivity index (χ4v) is 2.44. The van der Waals surface area contributed by atoms with Gasteiger partial charge in [0.2, 0.25) is 5.91 Å². The van der Waals surface area contributed by atoms with Gasteiger partial charge in [0.25, 0.3) is 0 Å². The van der Waals surface area contributed by atoms with Gasteiger partial charge in [0.1, 0.15) is 13.2 Å². The van der Waals surface area contributed by atoms with Crippen LogP contribution in [0.15, 0.2) is 18.2 Å². The first-order chi connectivity index (χ1) is 9.33. The number of hydrogen-bond donors (Lipinski definition) is 2. The highest BCUT2D eigenvalue weighted by Gasteiger charge is 2.21. The number of nitrogens with one attached hydrogen (secondary N) is 2. The van der Waals surface area contributed by atoms with Crippen LogP contribution in [0, 0.1) is 5.92 Å². The molecular weight excluding hydrogens is 280 g/mol. The van der Waals surface area contributed by atoms with E-state index in [0.29, 0.717) is 19.0 Å². The second-order valence-electron chi connectivity index (χ2n) is 4.89. The molecule has 2 aliphatic heterocycles. The Balaban J connectivity index is 0.00000147. The number of amides is 1. The number of ether oxygens (including phenoxy) is 2. The molecule has 20 heavy (non-hydrogen) atoms. The molecule has 0 saturated carbocycles. The SMILES string of the molecule is Cl.O=C(Nc1ccc2c(c1)OCCO2)C1CCCNC1. The molecule has 1 atom stereocenters. The third kappa shape index (κ3) is 3.35. The minimum atomic E-state index is 0. The van der Waals surface area contributed by atoms with Gasteiger partial charge in [-0.1, -0.05) is 0 Å². The van der Waals surface area contributed by atoms with Crippen LogP contribution in [0.1, 0.15) is 12.8 Å². The normalized spacial score (nSPS) is 20.7. The average Bonchev–Trinajstić information content (AvgIpc) is 2.48. The van der Waals surface area contributed by atoms with Crippen LogP contribution >= 0.6 is 12.4 Å². The molecule has 1 amide bonds. The minimum absolute atomic E-state index is 0. The van der Waals surface area contributed by atoms with Gasteiger partial charge in [0.15, 0.2) is 11.5 Å². The maximum atomic E-state index is 12.1. The zero-order chi connectivity index (χ0) is 13.1.